The van der Waals surface area contributed by atoms with E-state index in [1.54, 1.807) is 9.58 Å². The Labute approximate surface area is 182 Å². The molecule has 1 aromatic carbocycles. The van der Waals surface area contributed by atoms with E-state index in [4.69, 9.17) is 10.5 Å². The van der Waals surface area contributed by atoms with Gasteiger partial charge in [-0.1, -0.05) is 18.6 Å². The molecule has 32 heavy (non-hydrogen) atoms. The third kappa shape index (κ3) is 4.09. The molecule has 2 N–H and O–H groups in total. The second-order valence-corrected chi connectivity index (χ2v) is 7.18. The Hall–Kier alpha value is -4.00. The third-order valence-corrected chi connectivity index (χ3v) is 5.17. The van der Waals surface area contributed by atoms with Crippen molar-refractivity contribution in [2.45, 2.75) is 18.9 Å². The summed E-state index contributed by atoms with van der Waals surface area (Å²) in [5.74, 6) is 3.38. The maximum absolute atomic E-state index is 13.7. The first-order valence-electron chi connectivity index (χ1n) is 9.95. The molecule has 8 nitrogen and oxygen atoms in total. The van der Waals surface area contributed by atoms with E-state index in [0.717, 1.165) is 18.9 Å². The van der Waals surface area contributed by atoms with Crippen molar-refractivity contribution in [3.63, 3.8) is 0 Å². The molecule has 3 aromatic rings. The van der Waals surface area contributed by atoms with Gasteiger partial charge in [0, 0.05) is 13.1 Å². The summed E-state index contributed by atoms with van der Waals surface area (Å²) in [6, 6.07) is 3.55. The highest BCUT2D eigenvalue weighted by Crippen LogP contribution is 2.28. The van der Waals surface area contributed by atoms with Crippen molar-refractivity contribution in [3.05, 3.63) is 54.5 Å². The minimum Gasteiger partial charge on any atom is -0.478 e. The van der Waals surface area contributed by atoms with E-state index in [-0.39, 0.29) is 30.1 Å². The molecule has 3 heterocycles. The highest BCUT2D eigenvalue weighted by molar-refractivity contribution is 5.90. The van der Waals surface area contributed by atoms with Gasteiger partial charge >= 0.3 is 0 Å². The van der Waals surface area contributed by atoms with Gasteiger partial charge in [0.15, 0.2) is 17.2 Å². The van der Waals surface area contributed by atoms with Gasteiger partial charge in [0.1, 0.15) is 24.4 Å². The maximum Gasteiger partial charge on any atom is 0.246 e. The predicted octanol–water partition coefficient (Wildman–Crippen LogP) is 2.47. The molecule has 0 saturated carbocycles. The zero-order valence-electron chi connectivity index (χ0n) is 17.1. The number of carbonyl (C=O) groups excluding carboxylic acids is 1. The van der Waals surface area contributed by atoms with Gasteiger partial charge in [-0.25, -0.2) is 19.0 Å². The molecule has 1 aliphatic heterocycles. The zero-order chi connectivity index (χ0) is 22.7. The average Bonchev–Trinajstić information content (AvgIpc) is 3.19. The number of amides is 1. The fraction of sp³-hybridized carbons (Fsp3) is 0.273. The maximum atomic E-state index is 13.7. The van der Waals surface area contributed by atoms with E-state index in [2.05, 4.69) is 33.5 Å². The number of carbonyl (C=O) groups is 1. The first kappa shape index (κ1) is 21.2. The van der Waals surface area contributed by atoms with Crippen LogP contribution in [0.5, 0.6) is 5.75 Å². The number of halogens is 2. The van der Waals surface area contributed by atoms with Crippen LogP contribution in [0.2, 0.25) is 0 Å². The van der Waals surface area contributed by atoms with Gasteiger partial charge in [0.25, 0.3) is 0 Å². The highest BCUT2D eigenvalue weighted by atomic mass is 19.2. The Kier molecular flexibility index (Phi) is 5.98. The monoisotopic (exact) mass is 438 g/mol. The third-order valence-electron chi connectivity index (χ3n) is 5.17. The standard InChI is InChI=1S/C22H20F2N6O2/c1-2-18(31)29-10-4-6-14(12-29)30-22-19(21(25)26-13-27-22)16(28-30)8-5-11-32-17-9-3-7-15(23)20(17)24/h2-3,7,9,13-14H,1,4,6,10-12H2,(H2,25,26,27). The molecule has 0 bridgehead atoms. The molecule has 1 unspecified atom stereocenters. The SMILES string of the molecule is C=CC(=O)N1CCCC(n2nc(C#CCOc3cccc(F)c3F)c3c(N)ncnc32)C1. The summed E-state index contributed by atoms with van der Waals surface area (Å²) in [7, 11) is 0. The fourth-order valence-electron chi connectivity index (χ4n) is 3.65. The number of nitrogens with zero attached hydrogens (tertiary/aromatic N) is 5. The topological polar surface area (TPSA) is 99.2 Å². The molecule has 0 radical (unpaired) electrons. The molecule has 0 spiro atoms. The number of piperidine rings is 1. The summed E-state index contributed by atoms with van der Waals surface area (Å²) >= 11 is 0. The second-order valence-electron chi connectivity index (χ2n) is 7.18. The lowest BCUT2D eigenvalue weighted by Gasteiger charge is -2.32. The normalized spacial score (nSPS) is 15.8. The van der Waals surface area contributed by atoms with Crippen LogP contribution in [0.25, 0.3) is 11.0 Å². The van der Waals surface area contributed by atoms with Crippen molar-refractivity contribution in [1.29, 1.82) is 0 Å². The van der Waals surface area contributed by atoms with Gasteiger partial charge in [-0.15, -0.1) is 0 Å². The lowest BCUT2D eigenvalue weighted by Crippen LogP contribution is -2.40. The lowest BCUT2D eigenvalue weighted by atomic mass is 10.1. The molecule has 1 atom stereocenters. The van der Waals surface area contributed by atoms with Gasteiger partial charge in [-0.3, -0.25) is 4.79 Å². The number of fused-ring (bicyclic) bond motifs is 1. The van der Waals surface area contributed by atoms with Gasteiger partial charge in [-0.05, 0) is 37.0 Å². The first-order chi connectivity index (χ1) is 15.5. The fourth-order valence-corrected chi connectivity index (χ4v) is 3.65. The molecular formula is C22H20F2N6O2. The van der Waals surface area contributed by atoms with Crippen molar-refractivity contribution < 1.29 is 18.3 Å². The Morgan fingerprint density at radius 1 is 1.38 bits per heavy atom. The Bertz CT molecular complexity index is 1250. The van der Waals surface area contributed by atoms with E-state index >= 15 is 0 Å². The highest BCUT2D eigenvalue weighted by Gasteiger charge is 2.27. The van der Waals surface area contributed by atoms with Gasteiger partial charge in [0.2, 0.25) is 11.7 Å². The van der Waals surface area contributed by atoms with Gasteiger partial charge in [-0.2, -0.15) is 9.49 Å². The number of ether oxygens (including phenoxy) is 1. The summed E-state index contributed by atoms with van der Waals surface area (Å²) in [5, 5.41) is 5.07. The summed E-state index contributed by atoms with van der Waals surface area (Å²) in [4.78, 5) is 22.1. The lowest BCUT2D eigenvalue weighted by molar-refractivity contribution is -0.127. The van der Waals surface area contributed by atoms with Crippen molar-refractivity contribution >= 4 is 22.8 Å². The number of benzene rings is 1. The van der Waals surface area contributed by atoms with Crippen LogP contribution in [0.4, 0.5) is 14.6 Å². The molecule has 1 fully saturated rings. The number of aromatic nitrogens is 4. The Morgan fingerprint density at radius 3 is 3.03 bits per heavy atom. The van der Waals surface area contributed by atoms with Crippen LogP contribution in [0.3, 0.4) is 0 Å². The van der Waals surface area contributed by atoms with Crippen LogP contribution < -0.4 is 10.5 Å². The Balaban J connectivity index is 1.61. The van der Waals surface area contributed by atoms with E-state index < -0.39 is 11.6 Å². The van der Waals surface area contributed by atoms with Crippen molar-refractivity contribution in [3.8, 4) is 17.6 Å². The van der Waals surface area contributed by atoms with Crippen LogP contribution in [-0.4, -0.2) is 50.3 Å². The molecule has 1 saturated heterocycles. The van der Waals surface area contributed by atoms with Crippen LogP contribution in [0, 0.1) is 23.5 Å². The van der Waals surface area contributed by atoms with Crippen LogP contribution in [0.15, 0.2) is 37.2 Å². The smallest absolute Gasteiger partial charge is 0.246 e. The molecule has 1 aliphatic rings. The van der Waals surface area contributed by atoms with E-state index in [0.29, 0.717) is 29.8 Å². The van der Waals surface area contributed by atoms with Gasteiger partial charge < -0.3 is 15.4 Å². The number of rotatable bonds is 4. The molecule has 4 rings (SSSR count). The molecule has 1 amide bonds. The zero-order valence-corrected chi connectivity index (χ0v) is 17.1. The molecule has 10 heteroatoms. The number of nitrogens with two attached hydrogens (primary N) is 1. The van der Waals surface area contributed by atoms with Crippen molar-refractivity contribution in [2.75, 3.05) is 25.4 Å². The number of hydrogen-bond donors (Lipinski definition) is 1. The summed E-state index contributed by atoms with van der Waals surface area (Å²) in [5.41, 5.74) is 6.91. The van der Waals surface area contributed by atoms with Crippen molar-refractivity contribution in [2.24, 2.45) is 0 Å². The Morgan fingerprint density at radius 2 is 2.22 bits per heavy atom. The van der Waals surface area contributed by atoms with Crippen LogP contribution in [0.1, 0.15) is 24.6 Å². The van der Waals surface area contributed by atoms with Gasteiger partial charge in [0.05, 0.1) is 11.4 Å². The number of hydrogen-bond acceptors (Lipinski definition) is 6. The predicted molar refractivity (Wildman–Crippen MR) is 114 cm³/mol. The molecule has 0 aliphatic carbocycles. The minimum absolute atomic E-state index is 0.113. The second kappa shape index (κ2) is 9.01. The van der Waals surface area contributed by atoms with Crippen LogP contribution in [-0.2, 0) is 4.79 Å². The summed E-state index contributed by atoms with van der Waals surface area (Å²) in [6.45, 7) is 4.47. The number of anilines is 1. The van der Waals surface area contributed by atoms with E-state index in [9.17, 15) is 13.6 Å². The average molecular weight is 438 g/mol. The quantitative estimate of drug-likeness (QED) is 0.496. The van der Waals surface area contributed by atoms with Crippen molar-refractivity contribution in [1.82, 2.24) is 24.6 Å². The number of nitrogen functional groups attached to an aromatic ring is 1. The first-order valence-corrected chi connectivity index (χ1v) is 9.95. The number of likely N-dealkylation sites (tertiary alicyclic amines) is 1. The van der Waals surface area contributed by atoms with Crippen LogP contribution >= 0.6 is 0 Å². The van der Waals surface area contributed by atoms with E-state index in [1.165, 1.54) is 24.5 Å². The largest absolute Gasteiger partial charge is 0.478 e. The van der Waals surface area contributed by atoms with E-state index in [1.807, 2.05) is 0 Å². The molecule has 2 aromatic heterocycles. The minimum atomic E-state index is -1.07. The molecule has 164 valence electrons. The summed E-state index contributed by atoms with van der Waals surface area (Å²) < 4.78 is 33.9. The summed E-state index contributed by atoms with van der Waals surface area (Å²) in [6.07, 6.45) is 4.25. The molecular weight excluding hydrogens is 418 g/mol.